The fourth-order valence-corrected chi connectivity index (χ4v) is 2.91. The van der Waals surface area contributed by atoms with Crippen LogP contribution in [0.15, 0.2) is 18.2 Å². The molecule has 0 saturated heterocycles. The summed E-state index contributed by atoms with van der Waals surface area (Å²) in [4.78, 5) is 0. The van der Waals surface area contributed by atoms with Crippen LogP contribution in [0.2, 0.25) is 0 Å². The van der Waals surface area contributed by atoms with Crippen molar-refractivity contribution in [2.75, 3.05) is 0 Å². The quantitative estimate of drug-likeness (QED) is 0.625. The average molecular weight is 186 g/mol. The summed E-state index contributed by atoms with van der Waals surface area (Å²) in [6, 6.07) is 7.00. The summed E-state index contributed by atoms with van der Waals surface area (Å²) in [6.07, 6.45) is 9.83. The third-order valence-corrected chi connectivity index (χ3v) is 3.98. The van der Waals surface area contributed by atoms with Gasteiger partial charge in [0.05, 0.1) is 0 Å². The van der Waals surface area contributed by atoms with Crippen molar-refractivity contribution in [1.29, 1.82) is 0 Å². The van der Waals surface area contributed by atoms with E-state index in [0.717, 1.165) is 5.92 Å². The fourth-order valence-electron chi connectivity index (χ4n) is 2.91. The van der Waals surface area contributed by atoms with Crippen LogP contribution in [0.1, 0.15) is 54.7 Å². The number of rotatable bonds is 1. The first-order chi connectivity index (χ1) is 6.95. The Morgan fingerprint density at radius 1 is 0.929 bits per heavy atom. The maximum Gasteiger partial charge on any atom is -0.0159 e. The van der Waals surface area contributed by atoms with Gasteiger partial charge in [0.2, 0.25) is 0 Å². The highest BCUT2D eigenvalue weighted by Crippen LogP contribution is 2.40. The highest BCUT2D eigenvalue weighted by atomic mass is 14.3. The third kappa shape index (κ3) is 1.28. The highest BCUT2D eigenvalue weighted by Gasteiger charge is 2.23. The molecule has 2 aliphatic carbocycles. The third-order valence-electron chi connectivity index (χ3n) is 3.98. The average Bonchev–Trinajstić information content (AvgIpc) is 2.16. The molecule has 0 unspecified atom stereocenters. The molecule has 3 rings (SSSR count). The van der Waals surface area contributed by atoms with Crippen LogP contribution in [0.25, 0.3) is 0 Å². The Hall–Kier alpha value is -0.780. The molecule has 0 amide bonds. The molecule has 14 heavy (non-hydrogen) atoms. The standard InChI is InChI=1S/C14H18/c1-2-9-13-11(5-1)8-4-10-14(13)12-6-3-7-12/h4,8,10,12H,1-3,5-7,9H2. The van der Waals surface area contributed by atoms with Gasteiger partial charge in [-0.2, -0.15) is 0 Å². The lowest BCUT2D eigenvalue weighted by Crippen LogP contribution is -2.14. The molecule has 0 atom stereocenters. The molecule has 1 saturated carbocycles. The summed E-state index contributed by atoms with van der Waals surface area (Å²) in [5.74, 6) is 0.919. The van der Waals surface area contributed by atoms with E-state index >= 15 is 0 Å². The Morgan fingerprint density at radius 3 is 2.57 bits per heavy atom. The Kier molecular flexibility index (Phi) is 2.08. The molecule has 0 radical (unpaired) electrons. The van der Waals surface area contributed by atoms with Crippen molar-refractivity contribution in [3.63, 3.8) is 0 Å². The topological polar surface area (TPSA) is 0 Å². The molecule has 0 spiro atoms. The van der Waals surface area contributed by atoms with Crippen molar-refractivity contribution >= 4 is 0 Å². The van der Waals surface area contributed by atoms with Crippen LogP contribution < -0.4 is 0 Å². The van der Waals surface area contributed by atoms with E-state index < -0.39 is 0 Å². The molecule has 0 heterocycles. The maximum atomic E-state index is 2.38. The number of fused-ring (bicyclic) bond motifs is 1. The van der Waals surface area contributed by atoms with Crippen LogP contribution in [0.5, 0.6) is 0 Å². The Labute approximate surface area is 86.3 Å². The monoisotopic (exact) mass is 186 g/mol. The van der Waals surface area contributed by atoms with E-state index in [1.54, 1.807) is 16.7 Å². The number of benzene rings is 1. The van der Waals surface area contributed by atoms with Gasteiger partial charge in [0, 0.05) is 0 Å². The van der Waals surface area contributed by atoms with Crippen LogP contribution in [-0.4, -0.2) is 0 Å². The van der Waals surface area contributed by atoms with E-state index in [2.05, 4.69) is 18.2 Å². The summed E-state index contributed by atoms with van der Waals surface area (Å²) in [7, 11) is 0. The molecular weight excluding hydrogens is 168 g/mol. The van der Waals surface area contributed by atoms with Gasteiger partial charge in [-0.15, -0.1) is 0 Å². The second-order valence-corrected chi connectivity index (χ2v) is 4.82. The van der Waals surface area contributed by atoms with Gasteiger partial charge in [0.1, 0.15) is 0 Å². The smallest absolute Gasteiger partial charge is 0.0159 e. The Morgan fingerprint density at radius 2 is 1.79 bits per heavy atom. The predicted octanol–water partition coefficient (Wildman–Crippen LogP) is 3.83. The summed E-state index contributed by atoms with van der Waals surface area (Å²) < 4.78 is 0. The van der Waals surface area contributed by atoms with Gasteiger partial charge in [-0.3, -0.25) is 0 Å². The minimum absolute atomic E-state index is 0.919. The van der Waals surface area contributed by atoms with Gasteiger partial charge in [-0.1, -0.05) is 24.6 Å². The van der Waals surface area contributed by atoms with Crippen LogP contribution in [0, 0.1) is 0 Å². The lowest BCUT2D eigenvalue weighted by molar-refractivity contribution is 0.415. The largest absolute Gasteiger partial charge is 0.0617 e. The van der Waals surface area contributed by atoms with Crippen LogP contribution in [-0.2, 0) is 12.8 Å². The van der Waals surface area contributed by atoms with Crippen molar-refractivity contribution in [2.24, 2.45) is 0 Å². The molecule has 74 valence electrons. The molecule has 1 aromatic rings. The number of hydrogen-bond donors (Lipinski definition) is 0. The predicted molar refractivity (Wildman–Crippen MR) is 59.7 cm³/mol. The van der Waals surface area contributed by atoms with Crippen LogP contribution in [0.3, 0.4) is 0 Å². The molecule has 0 nitrogen and oxygen atoms in total. The number of aryl methyl sites for hydroxylation is 1. The van der Waals surface area contributed by atoms with Gasteiger partial charge >= 0.3 is 0 Å². The molecule has 0 heteroatoms. The van der Waals surface area contributed by atoms with Gasteiger partial charge in [0.25, 0.3) is 0 Å². The minimum atomic E-state index is 0.919. The second kappa shape index (κ2) is 3.42. The molecule has 0 aromatic heterocycles. The summed E-state index contributed by atoms with van der Waals surface area (Å²) in [6.45, 7) is 0. The Bertz CT molecular complexity index is 334. The first-order valence-electron chi connectivity index (χ1n) is 6.06. The van der Waals surface area contributed by atoms with E-state index in [4.69, 9.17) is 0 Å². The molecule has 2 aliphatic rings. The van der Waals surface area contributed by atoms with Gasteiger partial charge in [-0.25, -0.2) is 0 Å². The first kappa shape index (κ1) is 8.52. The zero-order valence-electron chi connectivity index (χ0n) is 8.76. The zero-order chi connectivity index (χ0) is 9.38. The van der Waals surface area contributed by atoms with Crippen molar-refractivity contribution in [1.82, 2.24) is 0 Å². The molecule has 0 bridgehead atoms. The van der Waals surface area contributed by atoms with Gasteiger partial charge in [0.15, 0.2) is 0 Å². The van der Waals surface area contributed by atoms with Gasteiger partial charge in [-0.05, 0) is 61.1 Å². The summed E-state index contributed by atoms with van der Waals surface area (Å²) in [5.41, 5.74) is 5.08. The van der Waals surface area contributed by atoms with Crippen molar-refractivity contribution in [3.8, 4) is 0 Å². The molecule has 0 aliphatic heterocycles. The fraction of sp³-hybridized carbons (Fsp3) is 0.571. The number of hydrogen-bond acceptors (Lipinski definition) is 0. The van der Waals surface area contributed by atoms with Crippen LogP contribution >= 0.6 is 0 Å². The van der Waals surface area contributed by atoms with E-state index in [9.17, 15) is 0 Å². The minimum Gasteiger partial charge on any atom is -0.0617 e. The van der Waals surface area contributed by atoms with Gasteiger partial charge < -0.3 is 0 Å². The molecule has 0 N–H and O–H groups in total. The van der Waals surface area contributed by atoms with E-state index in [-0.39, 0.29) is 0 Å². The van der Waals surface area contributed by atoms with E-state index in [1.807, 2.05) is 0 Å². The summed E-state index contributed by atoms with van der Waals surface area (Å²) >= 11 is 0. The van der Waals surface area contributed by atoms with Crippen molar-refractivity contribution in [2.45, 2.75) is 50.9 Å². The summed E-state index contributed by atoms with van der Waals surface area (Å²) in [5, 5.41) is 0. The SMILES string of the molecule is c1cc2c(c(C3CCC3)c1)CCCC2. The van der Waals surface area contributed by atoms with E-state index in [0.29, 0.717) is 0 Å². The normalized spacial score (nSPS) is 21.4. The highest BCUT2D eigenvalue weighted by molar-refractivity contribution is 5.39. The maximum absolute atomic E-state index is 2.38. The van der Waals surface area contributed by atoms with Crippen molar-refractivity contribution < 1.29 is 0 Å². The lowest BCUT2D eigenvalue weighted by Gasteiger charge is -2.30. The lowest BCUT2D eigenvalue weighted by atomic mass is 9.75. The van der Waals surface area contributed by atoms with Crippen molar-refractivity contribution in [3.05, 3.63) is 34.9 Å². The molecule has 1 aromatic carbocycles. The molecular formula is C14H18. The Balaban J connectivity index is 2.01. The zero-order valence-corrected chi connectivity index (χ0v) is 8.76. The van der Waals surface area contributed by atoms with Crippen LogP contribution in [0.4, 0.5) is 0 Å². The second-order valence-electron chi connectivity index (χ2n) is 4.82. The van der Waals surface area contributed by atoms with E-state index in [1.165, 1.54) is 44.9 Å². The molecule has 1 fully saturated rings. The first-order valence-corrected chi connectivity index (χ1v) is 6.06.